The van der Waals surface area contributed by atoms with Gasteiger partial charge in [-0.05, 0) is 54.4 Å². The number of unbranched alkanes of at least 4 members (excludes halogenated alkanes) is 1. The molecule has 26 heavy (non-hydrogen) atoms. The quantitative estimate of drug-likeness (QED) is 0.242. The Bertz CT molecular complexity index is 299. The van der Waals surface area contributed by atoms with Gasteiger partial charge in [-0.25, -0.2) is 0 Å². The molecule has 0 aliphatic heterocycles. The molecule has 6 nitrogen and oxygen atoms in total. The van der Waals surface area contributed by atoms with Crippen molar-refractivity contribution in [1.82, 2.24) is 0 Å². The molecule has 0 N–H and O–H groups in total. The lowest BCUT2D eigenvalue weighted by molar-refractivity contribution is 0.0610. The van der Waals surface area contributed by atoms with E-state index in [9.17, 15) is 0 Å². The zero-order valence-electron chi connectivity index (χ0n) is 18.1. The number of hydrogen-bond donors (Lipinski definition) is 0. The molecule has 0 spiro atoms. The zero-order chi connectivity index (χ0) is 19.9. The first-order valence-electron chi connectivity index (χ1n) is 10.3. The Balaban J connectivity index is 4.72. The lowest BCUT2D eigenvalue weighted by atomic mass is 10.2. The molecule has 0 heterocycles. The Morgan fingerprint density at radius 3 is 1.31 bits per heavy atom. The molecule has 0 aliphatic rings. The van der Waals surface area contributed by atoms with E-state index in [0.29, 0.717) is 39.6 Å². The zero-order valence-corrected chi connectivity index (χ0v) is 20.1. The van der Waals surface area contributed by atoms with E-state index in [4.69, 9.17) is 26.6 Å². The maximum atomic E-state index is 6.01. The largest absolute Gasteiger partial charge is 0.503 e. The molecule has 0 amide bonds. The van der Waals surface area contributed by atoms with Crippen LogP contribution in [0.1, 0.15) is 67.7 Å². The van der Waals surface area contributed by atoms with Crippen LogP contribution in [-0.4, -0.2) is 57.3 Å². The van der Waals surface area contributed by atoms with Crippen molar-refractivity contribution in [2.75, 3.05) is 39.6 Å². The van der Waals surface area contributed by atoms with E-state index >= 15 is 0 Å². The molecular formula is C18H42O6Si2. The van der Waals surface area contributed by atoms with Crippen molar-refractivity contribution in [1.29, 1.82) is 0 Å². The van der Waals surface area contributed by atoms with E-state index in [2.05, 4.69) is 6.92 Å². The standard InChI is InChI=1S/C18H42O6Si2/c1-8-19-25(20-9-2,21-10-3)17-15-14-16-18(7)26(22-11-4,23-12-5)24-13-6/h18H,8-17H2,1-7H3. The molecule has 0 aromatic carbocycles. The van der Waals surface area contributed by atoms with E-state index in [1.807, 2.05) is 41.5 Å². The highest BCUT2D eigenvalue weighted by molar-refractivity contribution is 6.62. The molecule has 0 aliphatic carbocycles. The normalized spacial score (nSPS) is 14.0. The highest BCUT2D eigenvalue weighted by atomic mass is 28.4. The van der Waals surface area contributed by atoms with E-state index in [-0.39, 0.29) is 5.54 Å². The van der Waals surface area contributed by atoms with Crippen LogP contribution in [-0.2, 0) is 26.6 Å². The van der Waals surface area contributed by atoms with Gasteiger partial charge < -0.3 is 26.6 Å². The van der Waals surface area contributed by atoms with Gasteiger partial charge in [0, 0.05) is 51.2 Å². The smallest absolute Gasteiger partial charge is 0.374 e. The van der Waals surface area contributed by atoms with Crippen molar-refractivity contribution in [2.45, 2.75) is 79.3 Å². The van der Waals surface area contributed by atoms with E-state index in [1.165, 1.54) is 0 Å². The second-order valence-corrected chi connectivity index (χ2v) is 11.8. The highest BCUT2D eigenvalue weighted by Gasteiger charge is 2.46. The minimum absolute atomic E-state index is 0.268. The Morgan fingerprint density at radius 2 is 0.962 bits per heavy atom. The van der Waals surface area contributed by atoms with Crippen molar-refractivity contribution in [3.05, 3.63) is 0 Å². The Kier molecular flexibility index (Phi) is 15.3. The second-order valence-electron chi connectivity index (χ2n) is 6.03. The van der Waals surface area contributed by atoms with Gasteiger partial charge in [0.25, 0.3) is 0 Å². The molecule has 0 aromatic heterocycles. The Labute approximate surface area is 163 Å². The lowest BCUT2D eigenvalue weighted by Gasteiger charge is -2.33. The molecule has 8 heteroatoms. The van der Waals surface area contributed by atoms with E-state index < -0.39 is 17.6 Å². The van der Waals surface area contributed by atoms with Gasteiger partial charge in [-0.3, -0.25) is 0 Å². The molecule has 0 saturated heterocycles. The fourth-order valence-electron chi connectivity index (χ4n) is 3.13. The predicted octanol–water partition coefficient (Wildman–Crippen LogP) is 4.64. The van der Waals surface area contributed by atoms with Crippen LogP contribution in [0.25, 0.3) is 0 Å². The van der Waals surface area contributed by atoms with Gasteiger partial charge in [-0.15, -0.1) is 0 Å². The molecule has 1 atom stereocenters. The average Bonchev–Trinajstić information content (AvgIpc) is 2.60. The molecule has 0 radical (unpaired) electrons. The van der Waals surface area contributed by atoms with Crippen LogP contribution >= 0.6 is 0 Å². The molecular weight excluding hydrogens is 368 g/mol. The Hall–Kier alpha value is 0.194. The van der Waals surface area contributed by atoms with Crippen molar-refractivity contribution in [2.24, 2.45) is 0 Å². The number of rotatable bonds is 18. The van der Waals surface area contributed by atoms with Crippen LogP contribution in [0.4, 0.5) is 0 Å². The van der Waals surface area contributed by atoms with Crippen LogP contribution in [0.3, 0.4) is 0 Å². The molecule has 0 aromatic rings. The maximum Gasteiger partial charge on any atom is 0.503 e. The summed E-state index contributed by atoms with van der Waals surface area (Å²) in [6.45, 7) is 17.9. The van der Waals surface area contributed by atoms with Crippen LogP contribution in [0.5, 0.6) is 0 Å². The fraction of sp³-hybridized carbons (Fsp3) is 1.00. The van der Waals surface area contributed by atoms with Gasteiger partial charge in [0.2, 0.25) is 0 Å². The second kappa shape index (κ2) is 15.2. The van der Waals surface area contributed by atoms with Crippen LogP contribution in [0.2, 0.25) is 11.6 Å². The van der Waals surface area contributed by atoms with Gasteiger partial charge in [0.1, 0.15) is 0 Å². The summed E-state index contributed by atoms with van der Waals surface area (Å²) in [4.78, 5) is 0. The van der Waals surface area contributed by atoms with Crippen LogP contribution in [0.15, 0.2) is 0 Å². The summed E-state index contributed by atoms with van der Waals surface area (Å²) < 4.78 is 35.8. The summed E-state index contributed by atoms with van der Waals surface area (Å²) in [6, 6.07) is 0.849. The SMILES string of the molecule is CCO[Si](CCCCC(C)[Si](OCC)(OCC)OCC)(OCC)OCC. The van der Waals surface area contributed by atoms with Crippen LogP contribution < -0.4 is 0 Å². The summed E-state index contributed by atoms with van der Waals surface area (Å²) >= 11 is 0. The molecule has 0 rings (SSSR count). The van der Waals surface area contributed by atoms with Gasteiger partial charge in [0.15, 0.2) is 0 Å². The third-order valence-electron chi connectivity index (χ3n) is 4.10. The molecule has 0 fully saturated rings. The fourth-order valence-corrected chi connectivity index (χ4v) is 8.68. The topological polar surface area (TPSA) is 55.4 Å². The Morgan fingerprint density at radius 1 is 0.577 bits per heavy atom. The monoisotopic (exact) mass is 410 g/mol. The summed E-state index contributed by atoms with van der Waals surface area (Å²) in [5, 5.41) is 0. The minimum atomic E-state index is -2.62. The molecule has 1 unspecified atom stereocenters. The van der Waals surface area contributed by atoms with Crippen molar-refractivity contribution < 1.29 is 26.6 Å². The molecule has 0 saturated carbocycles. The highest BCUT2D eigenvalue weighted by Crippen LogP contribution is 2.31. The first kappa shape index (κ1) is 26.2. The first-order chi connectivity index (χ1) is 12.5. The summed E-state index contributed by atoms with van der Waals surface area (Å²) in [7, 11) is -5.16. The van der Waals surface area contributed by atoms with Crippen molar-refractivity contribution in [3.8, 4) is 0 Å². The lowest BCUT2D eigenvalue weighted by Crippen LogP contribution is -2.49. The van der Waals surface area contributed by atoms with Crippen molar-refractivity contribution >= 4 is 17.6 Å². The van der Waals surface area contributed by atoms with Gasteiger partial charge >= 0.3 is 17.6 Å². The van der Waals surface area contributed by atoms with Crippen molar-refractivity contribution in [3.63, 3.8) is 0 Å². The minimum Gasteiger partial charge on any atom is -0.374 e. The molecule has 0 bridgehead atoms. The third-order valence-corrected chi connectivity index (χ3v) is 10.8. The van der Waals surface area contributed by atoms with Gasteiger partial charge in [0.05, 0.1) is 0 Å². The summed E-state index contributed by atoms with van der Waals surface area (Å²) in [5.74, 6) is 0. The predicted molar refractivity (Wildman–Crippen MR) is 109 cm³/mol. The van der Waals surface area contributed by atoms with Crippen LogP contribution in [0, 0.1) is 0 Å². The maximum absolute atomic E-state index is 6.01. The average molecular weight is 411 g/mol. The van der Waals surface area contributed by atoms with E-state index in [1.54, 1.807) is 0 Å². The van der Waals surface area contributed by atoms with Gasteiger partial charge in [-0.1, -0.05) is 13.3 Å². The summed E-state index contributed by atoms with van der Waals surface area (Å²) in [5.41, 5.74) is 0.268. The number of hydrogen-bond acceptors (Lipinski definition) is 6. The third kappa shape index (κ3) is 8.92. The summed E-state index contributed by atoms with van der Waals surface area (Å²) in [6.07, 6.45) is 3.05. The van der Waals surface area contributed by atoms with Gasteiger partial charge in [-0.2, -0.15) is 0 Å². The molecule has 158 valence electrons. The first-order valence-corrected chi connectivity index (χ1v) is 14.1. The van der Waals surface area contributed by atoms with E-state index in [0.717, 1.165) is 25.3 Å².